The molecule has 0 aliphatic heterocycles. The number of hydrogen-bond donors (Lipinski definition) is 1. The molecule has 1 aromatic carbocycles. The minimum atomic E-state index is -0.278. The minimum absolute atomic E-state index is 0.278. The number of aliphatic hydroxyl groups excluding tert-OH is 1. The largest absolute Gasteiger partial charge is 0.493 e. The zero-order chi connectivity index (χ0) is 11.5. The van der Waals surface area contributed by atoms with Gasteiger partial charge in [0, 0.05) is 6.42 Å². The summed E-state index contributed by atoms with van der Waals surface area (Å²) in [6.45, 7) is 6.52. The number of rotatable bonds is 4. The van der Waals surface area contributed by atoms with E-state index in [-0.39, 0.29) is 6.10 Å². The molecule has 0 radical (unpaired) electrons. The second-order valence-corrected chi connectivity index (χ2v) is 4.47. The van der Waals surface area contributed by atoms with Crippen LogP contribution in [0.1, 0.15) is 37.0 Å². The van der Waals surface area contributed by atoms with Gasteiger partial charge in [-0.05, 0) is 43.0 Å². The van der Waals surface area contributed by atoms with Gasteiger partial charge in [0.2, 0.25) is 0 Å². The molecule has 2 heteroatoms. The quantitative estimate of drug-likeness (QED) is 0.787. The topological polar surface area (TPSA) is 29.5 Å². The van der Waals surface area contributed by atoms with Crippen molar-refractivity contribution < 1.29 is 9.84 Å². The molecule has 0 spiro atoms. The molecule has 1 aliphatic rings. The number of ether oxygens (including phenoxy) is 1. The van der Waals surface area contributed by atoms with Gasteiger partial charge in [-0.1, -0.05) is 11.6 Å². The monoisotopic (exact) mass is 218 g/mol. The molecule has 1 aromatic rings. The van der Waals surface area contributed by atoms with Crippen molar-refractivity contribution >= 4 is 0 Å². The SMILES string of the molecule is C=C(C)CCOc1ccc2c(c1)CCC2O. The fourth-order valence-corrected chi connectivity index (χ4v) is 2.00. The molecule has 0 bridgehead atoms. The van der Waals surface area contributed by atoms with Crippen LogP contribution in [0.25, 0.3) is 0 Å². The van der Waals surface area contributed by atoms with E-state index in [1.165, 1.54) is 5.56 Å². The first-order valence-electron chi connectivity index (χ1n) is 5.75. The Labute approximate surface area is 96.6 Å². The number of hydrogen-bond acceptors (Lipinski definition) is 2. The van der Waals surface area contributed by atoms with E-state index in [0.29, 0.717) is 6.61 Å². The maximum Gasteiger partial charge on any atom is 0.119 e. The van der Waals surface area contributed by atoms with Crippen molar-refractivity contribution in [3.05, 3.63) is 41.5 Å². The van der Waals surface area contributed by atoms with Crippen LogP contribution in [0, 0.1) is 0 Å². The molecule has 1 unspecified atom stereocenters. The van der Waals surface area contributed by atoms with E-state index in [9.17, 15) is 5.11 Å². The number of benzene rings is 1. The zero-order valence-electron chi connectivity index (χ0n) is 9.70. The molecule has 0 fully saturated rings. The molecule has 2 rings (SSSR count). The van der Waals surface area contributed by atoms with Crippen LogP contribution in [-0.4, -0.2) is 11.7 Å². The number of fused-ring (bicyclic) bond motifs is 1. The average Bonchev–Trinajstić information content (AvgIpc) is 2.60. The first-order chi connectivity index (χ1) is 7.66. The average molecular weight is 218 g/mol. The molecule has 2 nitrogen and oxygen atoms in total. The van der Waals surface area contributed by atoms with Crippen molar-refractivity contribution in [3.63, 3.8) is 0 Å². The molecular weight excluding hydrogens is 200 g/mol. The molecule has 86 valence electrons. The summed E-state index contributed by atoms with van der Waals surface area (Å²) in [5, 5.41) is 9.67. The number of aryl methyl sites for hydroxylation is 1. The van der Waals surface area contributed by atoms with Gasteiger partial charge in [0.1, 0.15) is 5.75 Å². The van der Waals surface area contributed by atoms with Gasteiger partial charge in [-0.2, -0.15) is 0 Å². The molecule has 0 saturated heterocycles. The predicted octanol–water partition coefficient (Wildman–Crippen LogP) is 3.01. The molecule has 0 amide bonds. The van der Waals surface area contributed by atoms with E-state index >= 15 is 0 Å². The molecule has 1 N–H and O–H groups in total. The lowest BCUT2D eigenvalue weighted by atomic mass is 10.1. The fraction of sp³-hybridized carbons (Fsp3) is 0.429. The van der Waals surface area contributed by atoms with Gasteiger partial charge >= 0.3 is 0 Å². The molecule has 1 atom stereocenters. The highest BCUT2D eigenvalue weighted by Crippen LogP contribution is 2.33. The van der Waals surface area contributed by atoms with Crippen LogP contribution in [-0.2, 0) is 6.42 Å². The lowest BCUT2D eigenvalue weighted by molar-refractivity contribution is 0.180. The van der Waals surface area contributed by atoms with Gasteiger partial charge in [0.05, 0.1) is 12.7 Å². The highest BCUT2D eigenvalue weighted by molar-refractivity contribution is 5.39. The predicted molar refractivity (Wildman–Crippen MR) is 64.6 cm³/mol. The van der Waals surface area contributed by atoms with Crippen LogP contribution >= 0.6 is 0 Å². The van der Waals surface area contributed by atoms with Crippen LogP contribution in [0.3, 0.4) is 0 Å². The van der Waals surface area contributed by atoms with Crippen LogP contribution < -0.4 is 4.74 Å². The Morgan fingerprint density at radius 1 is 1.56 bits per heavy atom. The normalized spacial score (nSPS) is 18.2. The van der Waals surface area contributed by atoms with Crippen molar-refractivity contribution in [2.24, 2.45) is 0 Å². The van der Waals surface area contributed by atoms with Gasteiger partial charge in [-0.15, -0.1) is 6.58 Å². The van der Waals surface area contributed by atoms with Crippen LogP contribution in [0.4, 0.5) is 0 Å². The van der Waals surface area contributed by atoms with Gasteiger partial charge < -0.3 is 9.84 Å². The second-order valence-electron chi connectivity index (χ2n) is 4.47. The van der Waals surface area contributed by atoms with Gasteiger partial charge in [0.25, 0.3) is 0 Å². The second kappa shape index (κ2) is 4.71. The van der Waals surface area contributed by atoms with Crippen LogP contribution in [0.2, 0.25) is 0 Å². The standard InChI is InChI=1S/C14H18O2/c1-10(2)7-8-16-12-4-5-13-11(9-12)3-6-14(13)15/h4-5,9,14-15H,1,3,6-8H2,2H3. The summed E-state index contributed by atoms with van der Waals surface area (Å²) in [7, 11) is 0. The molecular formula is C14H18O2. The lowest BCUT2D eigenvalue weighted by Crippen LogP contribution is -1.98. The zero-order valence-corrected chi connectivity index (χ0v) is 9.70. The number of aliphatic hydroxyl groups is 1. The van der Waals surface area contributed by atoms with Crippen LogP contribution in [0.15, 0.2) is 30.4 Å². The summed E-state index contributed by atoms with van der Waals surface area (Å²) >= 11 is 0. The third-order valence-electron chi connectivity index (χ3n) is 2.96. The van der Waals surface area contributed by atoms with E-state index in [2.05, 4.69) is 6.58 Å². The molecule has 0 heterocycles. The molecule has 16 heavy (non-hydrogen) atoms. The molecule has 1 aliphatic carbocycles. The summed E-state index contributed by atoms with van der Waals surface area (Å²) in [5.74, 6) is 0.897. The van der Waals surface area contributed by atoms with Crippen molar-refractivity contribution in [1.29, 1.82) is 0 Å². The third kappa shape index (κ3) is 2.45. The van der Waals surface area contributed by atoms with Crippen molar-refractivity contribution in [3.8, 4) is 5.75 Å². The fourth-order valence-electron chi connectivity index (χ4n) is 2.00. The highest BCUT2D eigenvalue weighted by Gasteiger charge is 2.20. The molecule has 0 aromatic heterocycles. The third-order valence-corrected chi connectivity index (χ3v) is 2.96. The Morgan fingerprint density at radius 3 is 3.12 bits per heavy atom. The maximum atomic E-state index is 9.67. The van der Waals surface area contributed by atoms with Gasteiger partial charge in [0.15, 0.2) is 0 Å². The summed E-state index contributed by atoms with van der Waals surface area (Å²) in [6.07, 6.45) is 2.40. The lowest BCUT2D eigenvalue weighted by Gasteiger charge is -2.08. The molecule has 0 saturated carbocycles. The van der Waals surface area contributed by atoms with E-state index in [4.69, 9.17) is 4.74 Å². The van der Waals surface area contributed by atoms with E-state index in [1.807, 2.05) is 25.1 Å². The van der Waals surface area contributed by atoms with E-state index in [1.54, 1.807) is 0 Å². The Hall–Kier alpha value is -1.28. The smallest absolute Gasteiger partial charge is 0.119 e. The Morgan fingerprint density at radius 2 is 2.38 bits per heavy atom. The Bertz CT molecular complexity index is 396. The van der Waals surface area contributed by atoms with Gasteiger partial charge in [-0.3, -0.25) is 0 Å². The summed E-state index contributed by atoms with van der Waals surface area (Å²) in [5.41, 5.74) is 3.42. The van der Waals surface area contributed by atoms with Gasteiger partial charge in [-0.25, -0.2) is 0 Å². The Kier molecular flexibility index (Phi) is 3.30. The van der Waals surface area contributed by atoms with E-state index in [0.717, 1.165) is 36.1 Å². The first kappa shape index (κ1) is 11.2. The Balaban J connectivity index is 1.99. The van der Waals surface area contributed by atoms with Crippen molar-refractivity contribution in [2.45, 2.75) is 32.3 Å². The summed E-state index contributed by atoms with van der Waals surface area (Å²) in [4.78, 5) is 0. The maximum absolute atomic E-state index is 9.67. The van der Waals surface area contributed by atoms with Crippen molar-refractivity contribution in [2.75, 3.05) is 6.61 Å². The van der Waals surface area contributed by atoms with E-state index < -0.39 is 0 Å². The van der Waals surface area contributed by atoms with Crippen molar-refractivity contribution in [1.82, 2.24) is 0 Å². The first-order valence-corrected chi connectivity index (χ1v) is 5.75. The minimum Gasteiger partial charge on any atom is -0.493 e. The summed E-state index contributed by atoms with van der Waals surface area (Å²) in [6, 6.07) is 5.96. The summed E-state index contributed by atoms with van der Waals surface area (Å²) < 4.78 is 5.63. The highest BCUT2D eigenvalue weighted by atomic mass is 16.5. The van der Waals surface area contributed by atoms with Crippen LogP contribution in [0.5, 0.6) is 5.75 Å².